The molecule has 2 nitrogen and oxygen atoms in total. The van der Waals surface area contributed by atoms with E-state index < -0.39 is 0 Å². The monoisotopic (exact) mass is 283 g/mol. The summed E-state index contributed by atoms with van der Waals surface area (Å²) in [5, 5.41) is 0. The van der Waals surface area contributed by atoms with Gasteiger partial charge >= 0.3 is 0 Å². The number of rotatable bonds is 5. The number of hydrogen-bond donors (Lipinski definition) is 0. The van der Waals surface area contributed by atoms with Crippen LogP contribution in [-0.2, 0) is 6.42 Å². The zero-order valence-electron chi connectivity index (χ0n) is 12.2. The summed E-state index contributed by atoms with van der Waals surface area (Å²) in [5.41, 5.74) is 2.68. The Labute approximate surface area is 123 Å². The maximum Gasteiger partial charge on any atom is 0.122 e. The maximum absolute atomic E-state index is 5.43. The van der Waals surface area contributed by atoms with E-state index in [0.29, 0.717) is 0 Å². The van der Waals surface area contributed by atoms with Crippen LogP contribution in [0.15, 0.2) is 18.2 Å². The molecular formula is C16H26ClNO. The molecule has 1 aromatic carbocycles. The molecule has 0 spiro atoms. The third-order valence-corrected chi connectivity index (χ3v) is 3.81. The fourth-order valence-electron chi connectivity index (χ4n) is 2.78. The molecule has 0 aromatic heterocycles. The smallest absolute Gasteiger partial charge is 0.122 e. The molecule has 0 aliphatic carbocycles. The quantitative estimate of drug-likeness (QED) is 0.814. The van der Waals surface area contributed by atoms with Gasteiger partial charge in [0.1, 0.15) is 5.75 Å². The topological polar surface area (TPSA) is 12.5 Å². The summed E-state index contributed by atoms with van der Waals surface area (Å²) in [6.45, 7) is 5.97. The maximum atomic E-state index is 5.43. The molecule has 1 aromatic rings. The summed E-state index contributed by atoms with van der Waals surface area (Å²) in [6.07, 6.45) is 6.55. The van der Waals surface area contributed by atoms with Crippen molar-refractivity contribution in [3.05, 3.63) is 29.3 Å². The molecule has 1 fully saturated rings. The van der Waals surface area contributed by atoms with E-state index in [4.69, 9.17) is 4.74 Å². The van der Waals surface area contributed by atoms with Crippen LogP contribution in [0.1, 0.15) is 36.8 Å². The number of hydrogen-bond acceptors (Lipinski definition) is 2. The summed E-state index contributed by atoms with van der Waals surface area (Å²) in [7, 11) is 1.76. The molecule has 0 N–H and O–H groups in total. The first-order chi connectivity index (χ1) is 8.79. The lowest BCUT2D eigenvalue weighted by atomic mass is 10.0. The normalized spacial score (nSPS) is 15.9. The molecule has 0 unspecified atom stereocenters. The third kappa shape index (κ3) is 5.04. The summed E-state index contributed by atoms with van der Waals surface area (Å²) < 4.78 is 5.43. The number of aryl methyl sites for hydroxylation is 2. The highest BCUT2D eigenvalue weighted by atomic mass is 35.5. The number of ether oxygens (including phenoxy) is 1. The van der Waals surface area contributed by atoms with Crippen LogP contribution < -0.4 is 4.74 Å². The van der Waals surface area contributed by atoms with Gasteiger partial charge in [0.15, 0.2) is 0 Å². The highest BCUT2D eigenvalue weighted by Crippen LogP contribution is 2.21. The molecule has 0 atom stereocenters. The molecule has 0 radical (unpaired) electrons. The largest absolute Gasteiger partial charge is 0.496 e. The van der Waals surface area contributed by atoms with Crippen molar-refractivity contribution >= 4 is 12.4 Å². The van der Waals surface area contributed by atoms with Gasteiger partial charge in [0, 0.05) is 0 Å². The molecule has 0 bridgehead atoms. The second-order valence-corrected chi connectivity index (χ2v) is 5.32. The number of nitrogens with zero attached hydrogens (tertiary/aromatic N) is 1. The average Bonchev–Trinajstić information content (AvgIpc) is 2.40. The number of halogens is 1. The van der Waals surface area contributed by atoms with Crippen molar-refractivity contribution in [1.82, 2.24) is 4.90 Å². The van der Waals surface area contributed by atoms with Gasteiger partial charge in [0.05, 0.1) is 7.11 Å². The number of likely N-dealkylation sites (tertiary alicyclic amines) is 1. The van der Waals surface area contributed by atoms with Gasteiger partial charge in [-0.25, -0.2) is 0 Å². The van der Waals surface area contributed by atoms with E-state index in [1.54, 1.807) is 7.11 Å². The van der Waals surface area contributed by atoms with Crippen molar-refractivity contribution in [2.24, 2.45) is 0 Å². The standard InChI is InChI=1S/C16H25NO.ClH/c1-14-8-9-16(18-2)15(13-14)7-6-12-17-10-4-3-5-11-17;/h8-9,13H,3-7,10-12H2,1-2H3;1H. The zero-order chi connectivity index (χ0) is 12.8. The second-order valence-electron chi connectivity index (χ2n) is 5.32. The molecule has 1 saturated heterocycles. The Balaban J connectivity index is 0.00000180. The van der Waals surface area contributed by atoms with Gasteiger partial charge in [-0.05, 0) is 63.9 Å². The summed E-state index contributed by atoms with van der Waals surface area (Å²) in [6, 6.07) is 6.47. The van der Waals surface area contributed by atoms with Gasteiger partial charge in [0.25, 0.3) is 0 Å². The van der Waals surface area contributed by atoms with Crippen LogP contribution in [0.5, 0.6) is 5.75 Å². The fraction of sp³-hybridized carbons (Fsp3) is 0.625. The first-order valence-corrected chi connectivity index (χ1v) is 7.15. The Bertz CT molecular complexity index is 375. The van der Waals surface area contributed by atoms with Gasteiger partial charge in [-0.15, -0.1) is 12.4 Å². The molecule has 1 aliphatic rings. The fourth-order valence-corrected chi connectivity index (χ4v) is 2.78. The number of piperidine rings is 1. The van der Waals surface area contributed by atoms with E-state index in [1.165, 1.54) is 56.4 Å². The van der Waals surface area contributed by atoms with Crippen molar-refractivity contribution in [3.8, 4) is 5.75 Å². The minimum Gasteiger partial charge on any atom is -0.496 e. The summed E-state index contributed by atoms with van der Waals surface area (Å²) in [4.78, 5) is 2.60. The Kier molecular flexibility index (Phi) is 7.25. The predicted octanol–water partition coefficient (Wildman–Crippen LogP) is 3.84. The molecular weight excluding hydrogens is 258 g/mol. The van der Waals surface area contributed by atoms with Crippen LogP contribution >= 0.6 is 12.4 Å². The highest BCUT2D eigenvalue weighted by molar-refractivity contribution is 5.85. The van der Waals surface area contributed by atoms with Gasteiger partial charge < -0.3 is 9.64 Å². The SMILES string of the molecule is COc1ccc(C)cc1CCCN1CCCCC1.Cl. The lowest BCUT2D eigenvalue weighted by molar-refractivity contribution is 0.226. The van der Waals surface area contributed by atoms with Gasteiger partial charge in [0.2, 0.25) is 0 Å². The van der Waals surface area contributed by atoms with Crippen molar-refractivity contribution in [1.29, 1.82) is 0 Å². The Morgan fingerprint density at radius 1 is 1.16 bits per heavy atom. The Morgan fingerprint density at radius 2 is 1.89 bits per heavy atom. The van der Waals surface area contributed by atoms with Crippen LogP contribution in [0.4, 0.5) is 0 Å². The van der Waals surface area contributed by atoms with E-state index in [1.807, 2.05) is 0 Å². The van der Waals surface area contributed by atoms with E-state index in [2.05, 4.69) is 30.0 Å². The molecule has 108 valence electrons. The minimum absolute atomic E-state index is 0. The molecule has 2 rings (SSSR count). The minimum atomic E-state index is 0. The first-order valence-electron chi connectivity index (χ1n) is 7.15. The Hall–Kier alpha value is -0.730. The van der Waals surface area contributed by atoms with Crippen LogP contribution in [0, 0.1) is 6.92 Å². The van der Waals surface area contributed by atoms with Crippen LogP contribution in [0.2, 0.25) is 0 Å². The van der Waals surface area contributed by atoms with Crippen molar-refractivity contribution in [2.75, 3.05) is 26.7 Å². The van der Waals surface area contributed by atoms with Gasteiger partial charge in [-0.2, -0.15) is 0 Å². The predicted molar refractivity (Wildman–Crippen MR) is 83.6 cm³/mol. The molecule has 1 aliphatic heterocycles. The van der Waals surface area contributed by atoms with E-state index in [-0.39, 0.29) is 12.4 Å². The number of methoxy groups -OCH3 is 1. The van der Waals surface area contributed by atoms with Gasteiger partial charge in [-0.3, -0.25) is 0 Å². The molecule has 3 heteroatoms. The lowest BCUT2D eigenvalue weighted by Crippen LogP contribution is -2.30. The third-order valence-electron chi connectivity index (χ3n) is 3.81. The average molecular weight is 284 g/mol. The van der Waals surface area contributed by atoms with Crippen molar-refractivity contribution in [3.63, 3.8) is 0 Å². The lowest BCUT2D eigenvalue weighted by Gasteiger charge is -2.26. The summed E-state index contributed by atoms with van der Waals surface area (Å²) in [5.74, 6) is 1.04. The second kappa shape index (κ2) is 8.44. The van der Waals surface area contributed by atoms with Crippen LogP contribution in [0.25, 0.3) is 0 Å². The van der Waals surface area contributed by atoms with Crippen molar-refractivity contribution < 1.29 is 4.74 Å². The van der Waals surface area contributed by atoms with E-state index in [0.717, 1.165) is 12.2 Å². The van der Waals surface area contributed by atoms with Crippen LogP contribution in [0.3, 0.4) is 0 Å². The molecule has 0 amide bonds. The first kappa shape index (κ1) is 16.3. The van der Waals surface area contributed by atoms with E-state index >= 15 is 0 Å². The molecule has 1 heterocycles. The number of benzene rings is 1. The van der Waals surface area contributed by atoms with E-state index in [9.17, 15) is 0 Å². The summed E-state index contributed by atoms with van der Waals surface area (Å²) >= 11 is 0. The van der Waals surface area contributed by atoms with Crippen LogP contribution in [-0.4, -0.2) is 31.6 Å². The highest BCUT2D eigenvalue weighted by Gasteiger charge is 2.10. The van der Waals surface area contributed by atoms with Gasteiger partial charge in [-0.1, -0.05) is 24.1 Å². The van der Waals surface area contributed by atoms with Crippen molar-refractivity contribution in [2.45, 2.75) is 39.0 Å². The molecule has 19 heavy (non-hydrogen) atoms. The zero-order valence-corrected chi connectivity index (χ0v) is 13.0. The Morgan fingerprint density at radius 3 is 2.58 bits per heavy atom. The molecule has 0 saturated carbocycles.